The predicted molar refractivity (Wildman–Crippen MR) is 69.0 cm³/mol. The average Bonchev–Trinajstić information content (AvgIpc) is 2.69. The first-order valence-corrected chi connectivity index (χ1v) is 7.01. The minimum Gasteiger partial charge on any atom is -0.465 e. The number of ether oxygens (including phenoxy) is 1. The topological polar surface area (TPSA) is 66.8 Å². The van der Waals surface area contributed by atoms with E-state index < -0.39 is 12.0 Å². The van der Waals surface area contributed by atoms with Crippen LogP contribution in [0.25, 0.3) is 0 Å². The highest BCUT2D eigenvalue weighted by Gasteiger charge is 2.40. The third kappa shape index (κ3) is 4.58. The zero-order valence-corrected chi connectivity index (χ0v) is 11.5. The molecule has 0 aromatic carbocycles. The molecule has 2 N–H and O–H groups in total. The van der Waals surface area contributed by atoms with Gasteiger partial charge < -0.3 is 14.9 Å². The summed E-state index contributed by atoms with van der Waals surface area (Å²) < 4.78 is 4.89. The first-order valence-electron chi connectivity index (χ1n) is 7.01. The van der Waals surface area contributed by atoms with Crippen LogP contribution in [-0.2, 0) is 9.53 Å². The van der Waals surface area contributed by atoms with Crippen LogP contribution in [0.1, 0.15) is 46.0 Å². The Kier molecular flexibility index (Phi) is 6.65. The highest BCUT2D eigenvalue weighted by Crippen LogP contribution is 2.27. The summed E-state index contributed by atoms with van der Waals surface area (Å²) in [5.41, 5.74) is 0. The molecule has 0 aromatic heterocycles. The van der Waals surface area contributed by atoms with Crippen molar-refractivity contribution in [1.82, 2.24) is 0 Å². The van der Waals surface area contributed by atoms with Gasteiger partial charge in [0, 0.05) is 5.92 Å². The van der Waals surface area contributed by atoms with Crippen molar-refractivity contribution in [2.75, 3.05) is 13.2 Å². The second-order valence-electron chi connectivity index (χ2n) is 5.70. The Bertz CT molecular complexity index is 252. The van der Waals surface area contributed by atoms with E-state index >= 15 is 0 Å². The van der Waals surface area contributed by atoms with Crippen LogP contribution in [0.5, 0.6) is 0 Å². The molecule has 0 amide bonds. The van der Waals surface area contributed by atoms with Crippen LogP contribution in [-0.4, -0.2) is 35.5 Å². The van der Waals surface area contributed by atoms with Gasteiger partial charge in [-0.25, -0.2) is 0 Å². The van der Waals surface area contributed by atoms with Gasteiger partial charge in [0.25, 0.3) is 0 Å². The predicted octanol–water partition coefficient (Wildman–Crippen LogP) is 1.74. The van der Waals surface area contributed by atoms with Crippen molar-refractivity contribution in [1.29, 1.82) is 0 Å². The lowest BCUT2D eigenvalue weighted by Crippen LogP contribution is -2.31. The van der Waals surface area contributed by atoms with Crippen molar-refractivity contribution in [3.05, 3.63) is 0 Å². The van der Waals surface area contributed by atoms with Crippen LogP contribution in [0.2, 0.25) is 0 Å². The van der Waals surface area contributed by atoms with Gasteiger partial charge >= 0.3 is 5.97 Å². The van der Waals surface area contributed by atoms with Gasteiger partial charge in [0.05, 0.1) is 25.2 Å². The van der Waals surface area contributed by atoms with Gasteiger partial charge in [-0.1, -0.05) is 39.5 Å². The molecule has 0 aliphatic carbocycles. The Hall–Kier alpha value is -0.610. The molecule has 1 aliphatic heterocycles. The summed E-state index contributed by atoms with van der Waals surface area (Å²) in [6.45, 7) is 4.55. The van der Waals surface area contributed by atoms with Crippen molar-refractivity contribution in [3.63, 3.8) is 0 Å². The molecule has 106 valence electrons. The molecule has 0 saturated carbocycles. The summed E-state index contributed by atoms with van der Waals surface area (Å²) in [6.07, 6.45) is 4.34. The largest absolute Gasteiger partial charge is 0.465 e. The van der Waals surface area contributed by atoms with Gasteiger partial charge in [-0.15, -0.1) is 0 Å². The number of rotatable bonds is 8. The summed E-state index contributed by atoms with van der Waals surface area (Å²) in [4.78, 5) is 11.5. The van der Waals surface area contributed by atoms with Crippen molar-refractivity contribution in [3.8, 4) is 0 Å². The SMILES string of the molecule is CC(C)CCCCC[C@H](O)[C@@H]1C(=O)OC[C@H]1CO. The van der Waals surface area contributed by atoms with Gasteiger partial charge in [0.2, 0.25) is 0 Å². The summed E-state index contributed by atoms with van der Waals surface area (Å²) in [5, 5.41) is 19.1. The quantitative estimate of drug-likeness (QED) is 0.514. The fourth-order valence-electron chi connectivity index (χ4n) is 2.48. The lowest BCUT2D eigenvalue weighted by molar-refractivity contribution is -0.144. The van der Waals surface area contributed by atoms with Gasteiger partial charge in [-0.2, -0.15) is 0 Å². The monoisotopic (exact) mass is 258 g/mol. The van der Waals surface area contributed by atoms with Gasteiger partial charge in [-0.05, 0) is 12.3 Å². The molecule has 0 unspecified atom stereocenters. The summed E-state index contributed by atoms with van der Waals surface area (Å²) in [7, 11) is 0. The first kappa shape index (κ1) is 15.4. The number of cyclic esters (lactones) is 1. The lowest BCUT2D eigenvalue weighted by atomic mass is 9.88. The van der Waals surface area contributed by atoms with Crippen LogP contribution in [0, 0.1) is 17.8 Å². The summed E-state index contributed by atoms with van der Waals surface area (Å²) >= 11 is 0. The number of unbranched alkanes of at least 4 members (excludes halogenated alkanes) is 2. The number of carbonyl (C=O) groups excluding carboxylic acids is 1. The summed E-state index contributed by atoms with van der Waals surface area (Å²) in [6, 6.07) is 0. The van der Waals surface area contributed by atoms with Crippen LogP contribution in [0.3, 0.4) is 0 Å². The van der Waals surface area contributed by atoms with E-state index in [0.717, 1.165) is 18.8 Å². The molecule has 4 heteroatoms. The fraction of sp³-hybridized carbons (Fsp3) is 0.929. The molecule has 0 spiro atoms. The Morgan fingerprint density at radius 3 is 2.56 bits per heavy atom. The Morgan fingerprint density at radius 2 is 1.94 bits per heavy atom. The van der Waals surface area contributed by atoms with Gasteiger partial charge in [0.15, 0.2) is 0 Å². The average molecular weight is 258 g/mol. The molecule has 1 heterocycles. The second-order valence-corrected chi connectivity index (χ2v) is 5.70. The minimum absolute atomic E-state index is 0.0964. The standard InChI is InChI=1S/C14H26O4/c1-10(2)6-4-3-5-7-12(16)13-11(8-15)9-18-14(13)17/h10-13,15-16H,3-9H2,1-2H3/t11-,12+,13-/m1/s1. The molecule has 1 fully saturated rings. The molecular weight excluding hydrogens is 232 g/mol. The van der Waals surface area contributed by atoms with Crippen LogP contribution in [0.15, 0.2) is 0 Å². The normalized spacial score (nSPS) is 25.5. The van der Waals surface area contributed by atoms with E-state index in [2.05, 4.69) is 13.8 Å². The first-order chi connectivity index (χ1) is 8.56. The van der Waals surface area contributed by atoms with Crippen molar-refractivity contribution < 1.29 is 19.7 Å². The number of hydrogen-bond donors (Lipinski definition) is 2. The zero-order chi connectivity index (χ0) is 13.5. The van der Waals surface area contributed by atoms with Crippen LogP contribution in [0.4, 0.5) is 0 Å². The maximum atomic E-state index is 11.5. The fourth-order valence-corrected chi connectivity index (χ4v) is 2.48. The Morgan fingerprint density at radius 1 is 1.28 bits per heavy atom. The molecular formula is C14H26O4. The third-order valence-electron chi connectivity index (χ3n) is 3.65. The van der Waals surface area contributed by atoms with E-state index in [1.54, 1.807) is 0 Å². The molecule has 1 rings (SSSR count). The van der Waals surface area contributed by atoms with Crippen molar-refractivity contribution in [2.45, 2.75) is 52.1 Å². The molecule has 3 atom stereocenters. The third-order valence-corrected chi connectivity index (χ3v) is 3.65. The van der Waals surface area contributed by atoms with E-state index in [4.69, 9.17) is 9.84 Å². The highest BCUT2D eigenvalue weighted by atomic mass is 16.5. The number of aliphatic hydroxyl groups excluding tert-OH is 2. The van der Waals surface area contributed by atoms with Crippen molar-refractivity contribution in [2.24, 2.45) is 17.8 Å². The van der Waals surface area contributed by atoms with E-state index in [0.29, 0.717) is 6.42 Å². The van der Waals surface area contributed by atoms with Crippen molar-refractivity contribution >= 4 is 5.97 Å². The number of carbonyl (C=O) groups is 1. The van der Waals surface area contributed by atoms with E-state index in [9.17, 15) is 9.90 Å². The molecule has 0 radical (unpaired) electrons. The number of hydrogen-bond acceptors (Lipinski definition) is 4. The van der Waals surface area contributed by atoms with E-state index in [1.165, 1.54) is 12.8 Å². The minimum atomic E-state index is -0.670. The number of aliphatic hydroxyl groups is 2. The molecule has 0 bridgehead atoms. The maximum absolute atomic E-state index is 11.5. The Balaban J connectivity index is 2.23. The highest BCUT2D eigenvalue weighted by molar-refractivity contribution is 5.75. The van der Waals surface area contributed by atoms with E-state index in [1.807, 2.05) is 0 Å². The zero-order valence-electron chi connectivity index (χ0n) is 11.5. The Labute approximate surface area is 109 Å². The molecule has 1 saturated heterocycles. The smallest absolute Gasteiger partial charge is 0.312 e. The molecule has 4 nitrogen and oxygen atoms in total. The van der Waals surface area contributed by atoms with Crippen LogP contribution >= 0.6 is 0 Å². The van der Waals surface area contributed by atoms with Gasteiger partial charge in [-0.3, -0.25) is 4.79 Å². The second kappa shape index (κ2) is 7.74. The van der Waals surface area contributed by atoms with E-state index in [-0.39, 0.29) is 25.1 Å². The maximum Gasteiger partial charge on any atom is 0.312 e. The van der Waals surface area contributed by atoms with Gasteiger partial charge in [0.1, 0.15) is 0 Å². The summed E-state index contributed by atoms with van der Waals surface area (Å²) in [5.74, 6) is -0.398. The van der Waals surface area contributed by atoms with Crippen LogP contribution < -0.4 is 0 Å². The molecule has 18 heavy (non-hydrogen) atoms. The number of esters is 1. The molecule has 0 aromatic rings. The lowest BCUT2D eigenvalue weighted by Gasteiger charge is -2.19. The molecule has 1 aliphatic rings.